The highest BCUT2D eigenvalue weighted by molar-refractivity contribution is 5.79. The molecule has 206 valence electrons. The lowest BCUT2D eigenvalue weighted by atomic mass is 10.1. The Kier molecular flexibility index (Phi) is 7.19. The Morgan fingerprint density at radius 3 is 2.74 bits per heavy atom. The Morgan fingerprint density at radius 2 is 2.00 bits per heavy atom. The number of carbonyl (C=O) groups is 1. The fraction of sp³-hybridized carbons (Fsp3) is 0.481. The van der Waals surface area contributed by atoms with Gasteiger partial charge in [-0.2, -0.15) is 15.1 Å². The molecule has 1 aliphatic heterocycles. The number of fused-ring (bicyclic) bond motifs is 1. The Labute approximate surface area is 226 Å². The van der Waals surface area contributed by atoms with Crippen LogP contribution >= 0.6 is 0 Å². The first-order chi connectivity index (χ1) is 18.6. The number of imidazole rings is 1. The minimum Gasteiger partial charge on any atom is -0.464 e. The molecule has 0 aliphatic carbocycles. The molecule has 1 amide bonds. The lowest BCUT2D eigenvalue weighted by molar-refractivity contribution is 0.0286. The molecular formula is C27H33FN8O3. The van der Waals surface area contributed by atoms with E-state index in [1.807, 2.05) is 50.1 Å². The number of nitrogens with zero attached hydrogens (tertiary/aromatic N) is 8. The van der Waals surface area contributed by atoms with Gasteiger partial charge in [0.2, 0.25) is 0 Å². The van der Waals surface area contributed by atoms with Crippen molar-refractivity contribution < 1.29 is 18.7 Å². The zero-order valence-corrected chi connectivity index (χ0v) is 22.9. The van der Waals surface area contributed by atoms with Crippen molar-refractivity contribution in [2.75, 3.05) is 19.7 Å². The van der Waals surface area contributed by atoms with Crippen molar-refractivity contribution in [1.82, 2.24) is 39.2 Å². The number of aromatic nitrogens is 7. The molecule has 1 atom stereocenters. The number of halogens is 1. The number of likely N-dealkylation sites (tertiary alicyclic amines) is 1. The SMILES string of the molecule is CCOc1nc(C)c2nc(-c3cncc(F)c3)n(Cc3cnn(CC4CCN(C(=O)OC(C)(C)C)C4)c3)c2n1. The highest BCUT2D eigenvalue weighted by Crippen LogP contribution is 2.28. The maximum Gasteiger partial charge on any atom is 0.410 e. The summed E-state index contributed by atoms with van der Waals surface area (Å²) in [7, 11) is 0. The van der Waals surface area contributed by atoms with Crippen molar-refractivity contribution in [3.8, 4) is 17.4 Å². The van der Waals surface area contributed by atoms with Gasteiger partial charge in [0.15, 0.2) is 5.65 Å². The van der Waals surface area contributed by atoms with Crippen LogP contribution in [-0.2, 0) is 17.8 Å². The van der Waals surface area contributed by atoms with Gasteiger partial charge in [-0.1, -0.05) is 0 Å². The highest BCUT2D eigenvalue weighted by atomic mass is 19.1. The minimum atomic E-state index is -0.517. The van der Waals surface area contributed by atoms with E-state index in [1.54, 1.807) is 17.3 Å². The van der Waals surface area contributed by atoms with Gasteiger partial charge in [-0.3, -0.25) is 9.67 Å². The standard InChI is InChI=1S/C27H33FN8O3/c1-6-38-25-31-17(2)22-24(33-25)36(23(32-22)20-9-21(28)12-29-11-20)16-19-10-30-35(15-19)14-18-7-8-34(13-18)26(37)39-27(3,4)5/h9-12,15,18H,6-8,13-14,16H2,1-5H3. The van der Waals surface area contributed by atoms with E-state index in [0.717, 1.165) is 18.2 Å². The maximum absolute atomic E-state index is 14.1. The van der Waals surface area contributed by atoms with Gasteiger partial charge in [-0.15, -0.1) is 0 Å². The Balaban J connectivity index is 1.39. The molecule has 1 fully saturated rings. The molecule has 1 aliphatic rings. The Morgan fingerprint density at radius 1 is 1.18 bits per heavy atom. The second-order valence-corrected chi connectivity index (χ2v) is 10.8. The smallest absolute Gasteiger partial charge is 0.410 e. The largest absolute Gasteiger partial charge is 0.464 e. The minimum absolute atomic E-state index is 0.263. The van der Waals surface area contributed by atoms with E-state index in [1.165, 1.54) is 6.07 Å². The molecule has 0 N–H and O–H groups in total. The molecule has 5 rings (SSSR count). The van der Waals surface area contributed by atoms with E-state index in [9.17, 15) is 9.18 Å². The van der Waals surface area contributed by atoms with Gasteiger partial charge in [0.05, 0.1) is 31.2 Å². The van der Waals surface area contributed by atoms with Crippen molar-refractivity contribution in [3.05, 3.63) is 47.9 Å². The van der Waals surface area contributed by atoms with Crippen LogP contribution in [0.4, 0.5) is 9.18 Å². The summed E-state index contributed by atoms with van der Waals surface area (Å²) in [4.78, 5) is 32.0. The van der Waals surface area contributed by atoms with Gasteiger partial charge < -0.3 is 18.9 Å². The zero-order valence-electron chi connectivity index (χ0n) is 22.9. The number of aryl methyl sites for hydroxylation is 1. The van der Waals surface area contributed by atoms with E-state index < -0.39 is 11.4 Å². The average Bonchev–Trinajstić information content (AvgIpc) is 3.59. The van der Waals surface area contributed by atoms with Crippen molar-refractivity contribution >= 4 is 17.3 Å². The van der Waals surface area contributed by atoms with Gasteiger partial charge in [0, 0.05) is 43.2 Å². The van der Waals surface area contributed by atoms with Crippen molar-refractivity contribution in [2.45, 2.75) is 59.7 Å². The summed E-state index contributed by atoms with van der Waals surface area (Å²) in [5, 5.41) is 4.57. The molecule has 11 nitrogen and oxygen atoms in total. The van der Waals surface area contributed by atoms with Crippen LogP contribution < -0.4 is 4.74 Å². The number of carbonyl (C=O) groups excluding carboxylic acids is 1. The van der Waals surface area contributed by atoms with Gasteiger partial charge in [-0.25, -0.2) is 14.2 Å². The van der Waals surface area contributed by atoms with Crippen LogP contribution in [0.5, 0.6) is 6.01 Å². The summed E-state index contributed by atoms with van der Waals surface area (Å²) < 4.78 is 29.0. The quantitative estimate of drug-likeness (QED) is 0.345. The summed E-state index contributed by atoms with van der Waals surface area (Å²) in [6, 6.07) is 1.66. The molecule has 39 heavy (non-hydrogen) atoms. The van der Waals surface area contributed by atoms with Crippen LogP contribution in [0.25, 0.3) is 22.6 Å². The van der Waals surface area contributed by atoms with Gasteiger partial charge in [0.25, 0.3) is 0 Å². The van der Waals surface area contributed by atoms with E-state index >= 15 is 0 Å². The van der Waals surface area contributed by atoms with E-state index in [-0.39, 0.29) is 18.0 Å². The summed E-state index contributed by atoms with van der Waals surface area (Å²) in [6.45, 7) is 12.1. The number of pyridine rings is 1. The van der Waals surface area contributed by atoms with Crippen molar-refractivity contribution in [2.24, 2.45) is 5.92 Å². The molecule has 0 bridgehead atoms. The third-order valence-electron chi connectivity index (χ3n) is 6.40. The number of amides is 1. The molecule has 12 heteroatoms. The molecule has 4 aromatic heterocycles. The maximum atomic E-state index is 14.1. The van der Waals surface area contributed by atoms with Crippen LogP contribution in [0.15, 0.2) is 30.9 Å². The van der Waals surface area contributed by atoms with Crippen molar-refractivity contribution in [3.63, 3.8) is 0 Å². The van der Waals surface area contributed by atoms with Crippen LogP contribution in [0.2, 0.25) is 0 Å². The first-order valence-corrected chi connectivity index (χ1v) is 13.1. The first kappa shape index (κ1) is 26.5. The van der Waals surface area contributed by atoms with E-state index in [0.29, 0.717) is 61.0 Å². The lowest BCUT2D eigenvalue weighted by Gasteiger charge is -2.24. The van der Waals surface area contributed by atoms with Crippen LogP contribution in [0.1, 0.15) is 45.4 Å². The van der Waals surface area contributed by atoms with Crippen molar-refractivity contribution in [1.29, 1.82) is 0 Å². The second-order valence-electron chi connectivity index (χ2n) is 10.8. The normalized spacial score (nSPS) is 15.7. The highest BCUT2D eigenvalue weighted by Gasteiger charge is 2.30. The Bertz CT molecular complexity index is 1490. The Hall–Kier alpha value is -4.09. The number of hydrogen-bond acceptors (Lipinski definition) is 8. The summed E-state index contributed by atoms with van der Waals surface area (Å²) in [5.41, 5.74) is 2.80. The molecule has 0 saturated carbocycles. The molecule has 1 unspecified atom stereocenters. The zero-order chi connectivity index (χ0) is 27.7. The molecule has 0 radical (unpaired) electrons. The molecule has 0 spiro atoms. The molecule has 0 aromatic carbocycles. The summed E-state index contributed by atoms with van der Waals surface area (Å²) >= 11 is 0. The summed E-state index contributed by atoms with van der Waals surface area (Å²) in [5.74, 6) is 0.353. The van der Waals surface area contributed by atoms with E-state index in [4.69, 9.17) is 14.5 Å². The van der Waals surface area contributed by atoms with Crippen LogP contribution in [0.3, 0.4) is 0 Å². The molecular weight excluding hydrogens is 503 g/mol. The molecule has 5 heterocycles. The number of rotatable bonds is 7. The predicted octanol–water partition coefficient (Wildman–Crippen LogP) is 4.24. The van der Waals surface area contributed by atoms with Crippen LogP contribution in [0, 0.1) is 18.7 Å². The van der Waals surface area contributed by atoms with Gasteiger partial charge >= 0.3 is 12.1 Å². The topological polar surface area (TPSA) is 113 Å². The number of ether oxygens (including phenoxy) is 2. The number of hydrogen-bond donors (Lipinski definition) is 0. The first-order valence-electron chi connectivity index (χ1n) is 13.1. The van der Waals surface area contributed by atoms with Gasteiger partial charge in [0.1, 0.15) is 22.8 Å². The van der Waals surface area contributed by atoms with Gasteiger partial charge in [-0.05, 0) is 53.0 Å². The fourth-order valence-electron chi connectivity index (χ4n) is 4.72. The predicted molar refractivity (Wildman–Crippen MR) is 142 cm³/mol. The van der Waals surface area contributed by atoms with Crippen LogP contribution in [-0.4, -0.2) is 70.6 Å². The second kappa shape index (κ2) is 10.6. The monoisotopic (exact) mass is 536 g/mol. The lowest BCUT2D eigenvalue weighted by Crippen LogP contribution is -2.35. The third-order valence-corrected chi connectivity index (χ3v) is 6.40. The third kappa shape index (κ3) is 5.99. The average molecular weight is 537 g/mol. The summed E-state index contributed by atoms with van der Waals surface area (Å²) in [6.07, 6.45) is 7.12. The molecule has 4 aromatic rings. The fourth-order valence-corrected chi connectivity index (χ4v) is 4.72. The molecule has 1 saturated heterocycles. The van der Waals surface area contributed by atoms with E-state index in [2.05, 4.69) is 20.1 Å².